The molecule has 0 radical (unpaired) electrons. The predicted octanol–water partition coefficient (Wildman–Crippen LogP) is 2.26. The number of rotatable bonds is 5. The van der Waals surface area contributed by atoms with Gasteiger partial charge in [-0.25, -0.2) is 0 Å². The molecule has 1 heterocycles. The van der Waals surface area contributed by atoms with Crippen molar-refractivity contribution in [2.75, 3.05) is 13.7 Å². The molecule has 0 atom stereocenters. The van der Waals surface area contributed by atoms with Gasteiger partial charge in [-0.15, -0.1) is 0 Å². The number of nitrogens with one attached hydrogen (secondary N) is 1. The molecular formula is C17H20N2O3. The van der Waals surface area contributed by atoms with Gasteiger partial charge in [-0.1, -0.05) is 6.07 Å². The molecule has 5 nitrogen and oxygen atoms in total. The van der Waals surface area contributed by atoms with E-state index in [1.807, 2.05) is 18.2 Å². The van der Waals surface area contributed by atoms with E-state index in [9.17, 15) is 9.90 Å². The zero-order valence-electron chi connectivity index (χ0n) is 13.0. The number of aromatic nitrogens is 1. The van der Waals surface area contributed by atoms with Crippen LogP contribution in [-0.4, -0.2) is 35.3 Å². The molecule has 22 heavy (non-hydrogen) atoms. The molecule has 116 valence electrons. The summed E-state index contributed by atoms with van der Waals surface area (Å²) in [6, 6.07) is 10.7. The van der Waals surface area contributed by atoms with Gasteiger partial charge in [-0.3, -0.25) is 9.78 Å². The van der Waals surface area contributed by atoms with Gasteiger partial charge >= 0.3 is 0 Å². The molecule has 2 aromatic rings. The summed E-state index contributed by atoms with van der Waals surface area (Å²) in [5.41, 5.74) is 1.29. The molecule has 5 heteroatoms. The third-order valence-corrected chi connectivity index (χ3v) is 3.25. The second kappa shape index (κ2) is 6.58. The van der Waals surface area contributed by atoms with E-state index < -0.39 is 5.54 Å². The molecule has 0 aliphatic rings. The number of carbonyl (C=O) groups excluding carboxylic acids is 1. The second-order valence-corrected chi connectivity index (χ2v) is 5.63. The summed E-state index contributed by atoms with van der Waals surface area (Å²) < 4.78 is 5.34. The van der Waals surface area contributed by atoms with Crippen LogP contribution in [0.15, 0.2) is 42.6 Å². The van der Waals surface area contributed by atoms with E-state index in [0.717, 1.165) is 11.3 Å². The number of aliphatic hydroxyl groups excluding tert-OH is 1. The number of amides is 1. The molecule has 2 N–H and O–H groups in total. The Kier molecular flexibility index (Phi) is 4.78. The van der Waals surface area contributed by atoms with Crippen molar-refractivity contribution in [2.45, 2.75) is 19.4 Å². The fourth-order valence-electron chi connectivity index (χ4n) is 1.99. The standard InChI is InChI=1S/C17H20N2O3/c1-17(2,11-20)19-16(21)12-7-8-15(22-3)13(10-12)14-6-4-5-9-18-14/h4-10,20H,11H2,1-3H3,(H,19,21). The topological polar surface area (TPSA) is 71.5 Å². The minimum atomic E-state index is -0.678. The summed E-state index contributed by atoms with van der Waals surface area (Å²) in [6.07, 6.45) is 1.69. The highest BCUT2D eigenvalue weighted by Crippen LogP contribution is 2.29. The van der Waals surface area contributed by atoms with E-state index in [1.165, 1.54) is 0 Å². The third kappa shape index (κ3) is 3.62. The Morgan fingerprint density at radius 1 is 1.32 bits per heavy atom. The first-order valence-corrected chi connectivity index (χ1v) is 6.99. The quantitative estimate of drug-likeness (QED) is 0.888. The molecule has 1 aromatic carbocycles. The van der Waals surface area contributed by atoms with Crippen molar-refractivity contribution in [3.63, 3.8) is 0 Å². The SMILES string of the molecule is COc1ccc(C(=O)NC(C)(C)CO)cc1-c1ccccn1. The Hall–Kier alpha value is -2.40. The number of aliphatic hydroxyl groups is 1. The summed E-state index contributed by atoms with van der Waals surface area (Å²) in [5, 5.41) is 12.0. The number of benzene rings is 1. The van der Waals surface area contributed by atoms with Crippen LogP contribution in [0.4, 0.5) is 0 Å². The maximum absolute atomic E-state index is 12.3. The van der Waals surface area contributed by atoms with Crippen LogP contribution in [0.1, 0.15) is 24.2 Å². The van der Waals surface area contributed by atoms with Gasteiger partial charge in [0.05, 0.1) is 24.9 Å². The van der Waals surface area contributed by atoms with E-state index in [2.05, 4.69) is 10.3 Å². The highest BCUT2D eigenvalue weighted by Gasteiger charge is 2.21. The molecule has 0 aliphatic heterocycles. The van der Waals surface area contributed by atoms with Gasteiger partial charge in [0.15, 0.2) is 0 Å². The normalized spacial score (nSPS) is 11.1. The van der Waals surface area contributed by atoms with E-state index in [1.54, 1.807) is 45.4 Å². The van der Waals surface area contributed by atoms with E-state index >= 15 is 0 Å². The second-order valence-electron chi connectivity index (χ2n) is 5.63. The Bertz CT molecular complexity index is 654. The fraction of sp³-hybridized carbons (Fsp3) is 0.294. The predicted molar refractivity (Wildman–Crippen MR) is 84.9 cm³/mol. The summed E-state index contributed by atoms with van der Waals surface area (Å²) >= 11 is 0. The lowest BCUT2D eigenvalue weighted by atomic mass is 10.0. The summed E-state index contributed by atoms with van der Waals surface area (Å²) in [4.78, 5) is 16.6. The molecule has 1 amide bonds. The molecule has 0 saturated heterocycles. The molecule has 0 fully saturated rings. The van der Waals surface area contributed by atoms with Gasteiger partial charge in [-0.05, 0) is 44.2 Å². The third-order valence-electron chi connectivity index (χ3n) is 3.25. The number of pyridine rings is 1. The minimum absolute atomic E-state index is 0.137. The molecule has 0 unspecified atom stereocenters. The van der Waals surface area contributed by atoms with Crippen molar-refractivity contribution < 1.29 is 14.6 Å². The van der Waals surface area contributed by atoms with Crippen molar-refractivity contribution in [3.8, 4) is 17.0 Å². The van der Waals surface area contributed by atoms with Gasteiger partial charge in [0.2, 0.25) is 0 Å². The van der Waals surface area contributed by atoms with Gasteiger partial charge in [-0.2, -0.15) is 0 Å². The number of ether oxygens (including phenoxy) is 1. The molecule has 0 spiro atoms. The first-order valence-electron chi connectivity index (χ1n) is 6.99. The molecular weight excluding hydrogens is 280 g/mol. The molecule has 0 aliphatic carbocycles. The average molecular weight is 300 g/mol. The van der Waals surface area contributed by atoms with Crippen molar-refractivity contribution >= 4 is 5.91 Å². The zero-order chi connectivity index (χ0) is 16.2. The number of methoxy groups -OCH3 is 1. The molecule has 1 aromatic heterocycles. The highest BCUT2D eigenvalue weighted by atomic mass is 16.5. The van der Waals surface area contributed by atoms with Crippen LogP contribution in [0, 0.1) is 0 Å². The lowest BCUT2D eigenvalue weighted by Crippen LogP contribution is -2.46. The Morgan fingerprint density at radius 2 is 2.09 bits per heavy atom. The van der Waals surface area contributed by atoms with Crippen LogP contribution in [-0.2, 0) is 0 Å². The van der Waals surface area contributed by atoms with Gasteiger partial charge in [0, 0.05) is 17.3 Å². The lowest BCUT2D eigenvalue weighted by Gasteiger charge is -2.23. The summed E-state index contributed by atoms with van der Waals surface area (Å²) in [5.74, 6) is 0.399. The van der Waals surface area contributed by atoms with Crippen molar-refractivity contribution in [1.29, 1.82) is 0 Å². The Morgan fingerprint density at radius 3 is 2.68 bits per heavy atom. The van der Waals surface area contributed by atoms with E-state index in [-0.39, 0.29) is 12.5 Å². The van der Waals surface area contributed by atoms with Crippen LogP contribution < -0.4 is 10.1 Å². The van der Waals surface area contributed by atoms with Gasteiger partial charge < -0.3 is 15.2 Å². The van der Waals surface area contributed by atoms with E-state index in [4.69, 9.17) is 4.74 Å². The maximum atomic E-state index is 12.3. The first-order chi connectivity index (χ1) is 10.5. The van der Waals surface area contributed by atoms with Crippen molar-refractivity contribution in [3.05, 3.63) is 48.2 Å². The number of nitrogens with zero attached hydrogens (tertiary/aromatic N) is 1. The highest BCUT2D eigenvalue weighted by molar-refractivity contribution is 5.96. The van der Waals surface area contributed by atoms with Crippen LogP contribution in [0.3, 0.4) is 0 Å². The Balaban J connectivity index is 2.38. The van der Waals surface area contributed by atoms with Crippen LogP contribution in [0.2, 0.25) is 0 Å². The Labute approximate surface area is 130 Å². The summed E-state index contributed by atoms with van der Waals surface area (Å²) in [7, 11) is 1.58. The minimum Gasteiger partial charge on any atom is -0.496 e. The van der Waals surface area contributed by atoms with Crippen LogP contribution in [0.5, 0.6) is 5.75 Å². The van der Waals surface area contributed by atoms with Crippen LogP contribution in [0.25, 0.3) is 11.3 Å². The number of hydrogen-bond donors (Lipinski definition) is 2. The monoisotopic (exact) mass is 300 g/mol. The smallest absolute Gasteiger partial charge is 0.251 e. The molecule has 0 saturated carbocycles. The van der Waals surface area contributed by atoms with Crippen molar-refractivity contribution in [2.24, 2.45) is 0 Å². The van der Waals surface area contributed by atoms with Gasteiger partial charge in [0.1, 0.15) is 5.75 Å². The first kappa shape index (κ1) is 16.0. The molecule has 0 bridgehead atoms. The summed E-state index contributed by atoms with van der Waals surface area (Å²) in [6.45, 7) is 3.38. The number of carbonyl (C=O) groups is 1. The average Bonchev–Trinajstić information content (AvgIpc) is 2.54. The number of hydrogen-bond acceptors (Lipinski definition) is 4. The maximum Gasteiger partial charge on any atom is 0.251 e. The fourth-order valence-corrected chi connectivity index (χ4v) is 1.99. The van der Waals surface area contributed by atoms with Gasteiger partial charge in [0.25, 0.3) is 5.91 Å². The lowest BCUT2D eigenvalue weighted by molar-refractivity contribution is 0.0869. The van der Waals surface area contributed by atoms with Crippen LogP contribution >= 0.6 is 0 Å². The molecule has 2 rings (SSSR count). The zero-order valence-corrected chi connectivity index (χ0v) is 13.0. The largest absolute Gasteiger partial charge is 0.496 e. The van der Waals surface area contributed by atoms with E-state index in [0.29, 0.717) is 11.3 Å². The van der Waals surface area contributed by atoms with Crippen molar-refractivity contribution in [1.82, 2.24) is 10.3 Å².